The van der Waals surface area contributed by atoms with Crippen LogP contribution in [0, 0.1) is 0 Å². The molecule has 0 aliphatic heterocycles. The molecular formula is C9H13ClN4. The van der Waals surface area contributed by atoms with Crippen molar-refractivity contribution in [1.29, 1.82) is 0 Å². The Kier molecular flexibility index (Phi) is 3.73. The third kappa shape index (κ3) is 2.90. The average molecular weight is 213 g/mol. The summed E-state index contributed by atoms with van der Waals surface area (Å²) in [6.07, 6.45) is 0. The Balaban J connectivity index is 2.79. The van der Waals surface area contributed by atoms with Crippen molar-refractivity contribution in [1.82, 2.24) is 5.43 Å². The van der Waals surface area contributed by atoms with Gasteiger partial charge in [-0.1, -0.05) is 23.7 Å². The predicted octanol–water partition coefficient (Wildman–Crippen LogP) is 1.18. The maximum atomic E-state index is 5.76. The summed E-state index contributed by atoms with van der Waals surface area (Å²) >= 11 is 5.76. The van der Waals surface area contributed by atoms with E-state index in [4.69, 9.17) is 23.2 Å². The van der Waals surface area contributed by atoms with Crippen LogP contribution < -0.4 is 17.0 Å². The van der Waals surface area contributed by atoms with Crippen LogP contribution in [0.5, 0.6) is 0 Å². The van der Waals surface area contributed by atoms with E-state index in [1.165, 1.54) is 0 Å². The summed E-state index contributed by atoms with van der Waals surface area (Å²) in [5.74, 6) is 5.31. The Morgan fingerprint density at radius 2 is 2.00 bits per heavy atom. The molecule has 1 aromatic rings. The number of halogens is 1. The molecule has 0 aromatic heterocycles. The maximum absolute atomic E-state index is 5.76. The zero-order chi connectivity index (χ0) is 10.6. The summed E-state index contributed by atoms with van der Waals surface area (Å²) in [5, 5.41) is 0.704. The highest BCUT2D eigenvalue weighted by Crippen LogP contribution is 2.18. The smallest absolute Gasteiger partial charge is 0.203 e. The van der Waals surface area contributed by atoms with Crippen LogP contribution >= 0.6 is 11.6 Å². The fourth-order valence-corrected chi connectivity index (χ4v) is 1.19. The molecule has 14 heavy (non-hydrogen) atoms. The fourth-order valence-electron chi connectivity index (χ4n) is 1.06. The highest BCUT2D eigenvalue weighted by atomic mass is 35.5. The van der Waals surface area contributed by atoms with Gasteiger partial charge in [0.15, 0.2) is 0 Å². The molecule has 76 valence electrons. The van der Waals surface area contributed by atoms with Crippen molar-refractivity contribution in [2.24, 2.45) is 16.6 Å². The molecule has 5 heteroatoms. The van der Waals surface area contributed by atoms with Crippen molar-refractivity contribution in [3.05, 3.63) is 34.9 Å². The summed E-state index contributed by atoms with van der Waals surface area (Å²) in [6, 6.07) is 7.40. The zero-order valence-corrected chi connectivity index (χ0v) is 8.62. The molecule has 0 spiro atoms. The molecule has 0 bridgehead atoms. The molecule has 0 aliphatic rings. The topological polar surface area (TPSA) is 76.4 Å². The monoisotopic (exact) mass is 212 g/mol. The number of nitrogens with one attached hydrogen (secondary N) is 1. The number of hydrazine groups is 1. The van der Waals surface area contributed by atoms with Gasteiger partial charge in [-0.15, -0.1) is 0 Å². The first kappa shape index (κ1) is 10.8. The summed E-state index contributed by atoms with van der Waals surface area (Å²) in [5.41, 5.74) is 8.74. The molecule has 1 aromatic carbocycles. The van der Waals surface area contributed by atoms with Crippen LogP contribution in [0.1, 0.15) is 18.5 Å². The van der Waals surface area contributed by atoms with Crippen LogP contribution in [-0.2, 0) is 0 Å². The van der Waals surface area contributed by atoms with Crippen LogP contribution in [0.2, 0.25) is 5.02 Å². The van der Waals surface area contributed by atoms with Gasteiger partial charge in [0.25, 0.3) is 0 Å². The number of benzene rings is 1. The number of hydrogen-bond donors (Lipinski definition) is 3. The minimum absolute atomic E-state index is 0.0386. The van der Waals surface area contributed by atoms with Crippen molar-refractivity contribution in [2.75, 3.05) is 0 Å². The zero-order valence-electron chi connectivity index (χ0n) is 7.87. The van der Waals surface area contributed by atoms with Crippen molar-refractivity contribution in [3.63, 3.8) is 0 Å². The van der Waals surface area contributed by atoms with Crippen molar-refractivity contribution >= 4 is 17.6 Å². The summed E-state index contributed by atoms with van der Waals surface area (Å²) in [6.45, 7) is 1.92. The summed E-state index contributed by atoms with van der Waals surface area (Å²) in [7, 11) is 0. The van der Waals surface area contributed by atoms with E-state index in [2.05, 4.69) is 10.4 Å². The average Bonchev–Trinajstić information content (AvgIpc) is 2.18. The lowest BCUT2D eigenvalue weighted by Gasteiger charge is -2.08. The van der Waals surface area contributed by atoms with Crippen molar-refractivity contribution < 1.29 is 0 Å². The number of aliphatic imine (C=N–C) groups is 1. The van der Waals surface area contributed by atoms with Gasteiger partial charge < -0.3 is 5.73 Å². The van der Waals surface area contributed by atoms with E-state index in [-0.39, 0.29) is 12.0 Å². The van der Waals surface area contributed by atoms with Gasteiger partial charge in [0.05, 0.1) is 6.04 Å². The first-order valence-corrected chi connectivity index (χ1v) is 4.56. The highest BCUT2D eigenvalue weighted by molar-refractivity contribution is 6.30. The van der Waals surface area contributed by atoms with Gasteiger partial charge in [0.2, 0.25) is 5.96 Å². The first-order chi connectivity index (χ1) is 6.63. The first-order valence-electron chi connectivity index (χ1n) is 4.19. The van der Waals surface area contributed by atoms with E-state index >= 15 is 0 Å². The molecule has 0 fully saturated rings. The Morgan fingerprint density at radius 1 is 1.43 bits per heavy atom. The molecular weight excluding hydrogens is 200 g/mol. The number of guanidine groups is 1. The lowest BCUT2D eigenvalue weighted by atomic mass is 10.1. The Bertz CT molecular complexity index is 320. The number of rotatable bonds is 2. The van der Waals surface area contributed by atoms with E-state index in [1.807, 2.05) is 31.2 Å². The third-order valence-corrected chi connectivity index (χ3v) is 2.09. The second-order valence-electron chi connectivity index (χ2n) is 2.89. The lowest BCUT2D eigenvalue weighted by molar-refractivity contribution is 0.801. The van der Waals surface area contributed by atoms with Gasteiger partial charge in [-0.3, -0.25) is 5.43 Å². The third-order valence-electron chi connectivity index (χ3n) is 1.83. The van der Waals surface area contributed by atoms with Gasteiger partial charge in [0, 0.05) is 5.02 Å². The number of nitrogens with zero attached hydrogens (tertiary/aromatic N) is 1. The molecule has 0 amide bonds. The minimum Gasteiger partial charge on any atom is -0.369 e. The van der Waals surface area contributed by atoms with Gasteiger partial charge >= 0.3 is 0 Å². The number of hydrogen-bond acceptors (Lipinski definition) is 2. The molecule has 0 unspecified atom stereocenters. The Morgan fingerprint density at radius 3 is 2.50 bits per heavy atom. The van der Waals surface area contributed by atoms with Gasteiger partial charge in [-0.05, 0) is 24.6 Å². The van der Waals surface area contributed by atoms with Gasteiger partial charge in [0.1, 0.15) is 0 Å². The molecule has 0 radical (unpaired) electrons. The van der Waals surface area contributed by atoms with Crippen LogP contribution in [0.3, 0.4) is 0 Å². The molecule has 0 saturated carbocycles. The SMILES string of the molecule is C[C@H](N=C(N)NN)c1ccc(Cl)cc1. The van der Waals surface area contributed by atoms with Crippen LogP contribution in [0.15, 0.2) is 29.3 Å². The minimum atomic E-state index is -0.0386. The molecule has 0 saturated heterocycles. The fraction of sp³-hybridized carbons (Fsp3) is 0.222. The predicted molar refractivity (Wildman–Crippen MR) is 58.8 cm³/mol. The van der Waals surface area contributed by atoms with Crippen molar-refractivity contribution in [2.45, 2.75) is 13.0 Å². The molecule has 1 atom stereocenters. The molecule has 0 aliphatic carbocycles. The number of nitrogens with two attached hydrogens (primary N) is 2. The summed E-state index contributed by atoms with van der Waals surface area (Å²) < 4.78 is 0. The largest absolute Gasteiger partial charge is 0.369 e. The molecule has 5 N–H and O–H groups in total. The Hall–Kier alpha value is -1.26. The standard InChI is InChI=1S/C9H13ClN4/c1-6(13-9(11)14-12)7-2-4-8(10)5-3-7/h2-6H,12H2,1H3,(H3,11,13,14)/t6-/m0/s1. The van der Waals surface area contributed by atoms with Crippen LogP contribution in [0.25, 0.3) is 0 Å². The van der Waals surface area contributed by atoms with E-state index in [9.17, 15) is 0 Å². The molecule has 1 rings (SSSR count). The van der Waals surface area contributed by atoms with Crippen LogP contribution in [-0.4, -0.2) is 5.96 Å². The normalized spacial score (nSPS) is 13.8. The van der Waals surface area contributed by atoms with E-state index in [0.717, 1.165) is 5.56 Å². The second-order valence-corrected chi connectivity index (χ2v) is 3.32. The van der Waals surface area contributed by atoms with E-state index in [0.29, 0.717) is 5.02 Å². The second kappa shape index (κ2) is 4.83. The molecule has 0 heterocycles. The van der Waals surface area contributed by atoms with Gasteiger partial charge in [-0.25, -0.2) is 10.8 Å². The van der Waals surface area contributed by atoms with Crippen molar-refractivity contribution in [3.8, 4) is 0 Å². The maximum Gasteiger partial charge on any atom is 0.203 e. The summed E-state index contributed by atoms with van der Waals surface area (Å²) in [4.78, 5) is 4.11. The Labute approximate surface area is 87.9 Å². The van der Waals surface area contributed by atoms with E-state index in [1.54, 1.807) is 0 Å². The quantitative estimate of drug-likeness (QED) is 0.298. The highest BCUT2D eigenvalue weighted by Gasteiger charge is 2.03. The van der Waals surface area contributed by atoms with Gasteiger partial charge in [-0.2, -0.15) is 0 Å². The van der Waals surface area contributed by atoms with Crippen LogP contribution in [0.4, 0.5) is 0 Å². The molecule has 4 nitrogen and oxygen atoms in total. The lowest BCUT2D eigenvalue weighted by Crippen LogP contribution is -2.37. The van der Waals surface area contributed by atoms with E-state index < -0.39 is 0 Å².